The zero-order valence-electron chi connectivity index (χ0n) is 6.62. The second-order valence-corrected chi connectivity index (χ2v) is 2.82. The van der Waals surface area contributed by atoms with Crippen molar-refractivity contribution in [2.45, 2.75) is 0 Å². The Balaban J connectivity index is 3.29. The van der Waals surface area contributed by atoms with E-state index in [1.807, 2.05) is 0 Å². The van der Waals surface area contributed by atoms with Crippen molar-refractivity contribution in [1.29, 1.82) is 0 Å². The van der Waals surface area contributed by atoms with Crippen molar-refractivity contribution in [2.75, 3.05) is 0 Å². The maximum absolute atomic E-state index is 13.0. The Morgan fingerprint density at radius 2 is 1.93 bits per heavy atom. The number of hydrogen-bond acceptors (Lipinski definition) is 3. The minimum atomic E-state index is -1.80. The van der Waals surface area contributed by atoms with Crippen LogP contribution in [0, 0.1) is 5.82 Å². The summed E-state index contributed by atoms with van der Waals surface area (Å²) >= 11 is 5.32. The number of hydrogen-bond donors (Lipinski definition) is 2. The predicted octanol–water partition coefficient (Wildman–Crippen LogP) is 1.45. The number of aliphatic carboxylic acids is 1. The fourth-order valence-electron chi connectivity index (χ4n) is 0.827. The van der Waals surface area contributed by atoms with E-state index in [-0.39, 0.29) is 5.02 Å². The van der Waals surface area contributed by atoms with E-state index in [0.717, 1.165) is 0 Å². The molecule has 0 aliphatic heterocycles. The maximum atomic E-state index is 13.0. The van der Waals surface area contributed by atoms with E-state index in [1.165, 1.54) is 0 Å². The molecule has 14 heavy (non-hydrogen) atoms. The number of benzene rings is 1. The summed E-state index contributed by atoms with van der Waals surface area (Å²) in [5.74, 6) is -4.86. The molecule has 0 atom stereocenters. The molecule has 0 bridgehead atoms. The monoisotopic (exact) mass is 218 g/mol. The second kappa shape index (κ2) is 3.63. The fraction of sp³-hybridized carbons (Fsp3) is 0. The number of carbonyl (C=O) groups excluding carboxylic acids is 1. The van der Waals surface area contributed by atoms with Gasteiger partial charge >= 0.3 is 5.97 Å². The van der Waals surface area contributed by atoms with Crippen molar-refractivity contribution in [3.63, 3.8) is 0 Å². The number of carboxylic acids is 1. The van der Waals surface area contributed by atoms with E-state index in [1.54, 1.807) is 0 Å². The van der Waals surface area contributed by atoms with Gasteiger partial charge in [-0.05, 0) is 12.1 Å². The Morgan fingerprint density at radius 3 is 2.43 bits per heavy atom. The van der Waals surface area contributed by atoms with Gasteiger partial charge < -0.3 is 10.2 Å². The molecule has 0 aliphatic rings. The van der Waals surface area contributed by atoms with Crippen LogP contribution in [0.2, 0.25) is 5.02 Å². The molecule has 4 nitrogen and oxygen atoms in total. The van der Waals surface area contributed by atoms with Crippen molar-refractivity contribution in [1.82, 2.24) is 0 Å². The van der Waals surface area contributed by atoms with E-state index >= 15 is 0 Å². The molecule has 0 amide bonds. The summed E-state index contributed by atoms with van der Waals surface area (Å²) in [6.45, 7) is 0. The lowest BCUT2D eigenvalue weighted by Crippen LogP contribution is -2.14. The average molecular weight is 219 g/mol. The molecule has 0 heterocycles. The largest absolute Gasteiger partial charge is 0.506 e. The van der Waals surface area contributed by atoms with E-state index in [4.69, 9.17) is 21.8 Å². The Bertz CT molecular complexity index is 416. The predicted molar refractivity (Wildman–Crippen MR) is 45.0 cm³/mol. The van der Waals surface area contributed by atoms with Crippen LogP contribution in [0.15, 0.2) is 12.1 Å². The quantitative estimate of drug-likeness (QED) is 0.582. The number of phenols is 1. The highest BCUT2D eigenvalue weighted by molar-refractivity contribution is 6.40. The van der Waals surface area contributed by atoms with Crippen LogP contribution in [-0.4, -0.2) is 22.0 Å². The van der Waals surface area contributed by atoms with Crippen LogP contribution < -0.4 is 0 Å². The van der Waals surface area contributed by atoms with Crippen LogP contribution in [-0.2, 0) is 4.79 Å². The normalized spacial score (nSPS) is 9.86. The van der Waals surface area contributed by atoms with Crippen LogP contribution in [0.3, 0.4) is 0 Å². The first-order valence-corrected chi connectivity index (χ1v) is 3.77. The third-order valence-corrected chi connectivity index (χ3v) is 1.78. The van der Waals surface area contributed by atoms with Crippen molar-refractivity contribution in [3.05, 3.63) is 28.5 Å². The fourth-order valence-corrected chi connectivity index (χ4v) is 0.977. The van der Waals surface area contributed by atoms with Crippen LogP contribution in [0.25, 0.3) is 0 Å². The van der Waals surface area contributed by atoms with Crippen LogP contribution >= 0.6 is 11.6 Å². The van der Waals surface area contributed by atoms with Gasteiger partial charge in [-0.1, -0.05) is 11.6 Å². The van der Waals surface area contributed by atoms with E-state index in [0.29, 0.717) is 12.1 Å². The van der Waals surface area contributed by atoms with Crippen LogP contribution in [0.5, 0.6) is 5.75 Å². The molecular weight excluding hydrogens is 215 g/mol. The van der Waals surface area contributed by atoms with Gasteiger partial charge in [-0.2, -0.15) is 0 Å². The molecule has 1 aromatic carbocycles. The molecule has 0 aliphatic carbocycles. The number of rotatable bonds is 2. The molecule has 0 radical (unpaired) electrons. The first-order chi connectivity index (χ1) is 6.43. The number of ketones is 1. The van der Waals surface area contributed by atoms with Gasteiger partial charge in [-0.3, -0.25) is 4.79 Å². The lowest BCUT2D eigenvalue weighted by molar-refractivity contribution is -0.131. The van der Waals surface area contributed by atoms with E-state index < -0.39 is 28.9 Å². The zero-order chi connectivity index (χ0) is 10.9. The number of carboxylic acid groups (broad SMARTS) is 1. The minimum Gasteiger partial charge on any atom is -0.506 e. The molecule has 1 aromatic rings. The first-order valence-electron chi connectivity index (χ1n) is 3.39. The number of halogens is 2. The number of carbonyl (C=O) groups is 2. The molecule has 0 saturated carbocycles. The van der Waals surface area contributed by atoms with E-state index in [9.17, 15) is 14.0 Å². The highest BCUT2D eigenvalue weighted by Gasteiger charge is 2.20. The molecular formula is C8H4ClFO4. The first kappa shape index (κ1) is 10.5. The molecule has 0 aromatic heterocycles. The van der Waals surface area contributed by atoms with E-state index in [2.05, 4.69) is 0 Å². The highest BCUT2D eigenvalue weighted by Crippen LogP contribution is 2.26. The number of phenolic OH excluding ortho intramolecular Hbond substituents is 1. The van der Waals surface area contributed by atoms with Gasteiger partial charge in [-0.25, -0.2) is 9.18 Å². The van der Waals surface area contributed by atoms with Gasteiger partial charge in [0.2, 0.25) is 0 Å². The van der Waals surface area contributed by atoms with Crippen molar-refractivity contribution in [3.8, 4) is 5.75 Å². The molecule has 0 saturated heterocycles. The molecule has 0 fully saturated rings. The van der Waals surface area contributed by atoms with Gasteiger partial charge in [0, 0.05) is 0 Å². The van der Waals surface area contributed by atoms with Gasteiger partial charge in [0.05, 0.1) is 10.6 Å². The Kier molecular flexibility index (Phi) is 2.71. The average Bonchev–Trinajstić information content (AvgIpc) is 2.10. The molecule has 2 N–H and O–H groups in total. The van der Waals surface area contributed by atoms with Gasteiger partial charge in [0.25, 0.3) is 5.78 Å². The third kappa shape index (κ3) is 1.82. The highest BCUT2D eigenvalue weighted by atomic mass is 35.5. The lowest BCUT2D eigenvalue weighted by atomic mass is 10.1. The van der Waals surface area contributed by atoms with Crippen LogP contribution in [0.4, 0.5) is 4.39 Å². The van der Waals surface area contributed by atoms with Crippen molar-refractivity contribution >= 4 is 23.4 Å². The lowest BCUT2D eigenvalue weighted by Gasteiger charge is -2.01. The van der Waals surface area contributed by atoms with Crippen molar-refractivity contribution in [2.24, 2.45) is 0 Å². The topological polar surface area (TPSA) is 74.6 Å². The molecule has 0 unspecified atom stereocenters. The van der Waals surface area contributed by atoms with Gasteiger partial charge in [0.1, 0.15) is 11.6 Å². The third-order valence-electron chi connectivity index (χ3n) is 1.48. The SMILES string of the molecule is O=C(O)C(=O)c1cc(O)c(Cl)cc1F. The van der Waals surface area contributed by atoms with Gasteiger partial charge in [0.15, 0.2) is 0 Å². The Morgan fingerprint density at radius 1 is 1.36 bits per heavy atom. The molecule has 0 spiro atoms. The summed E-state index contributed by atoms with van der Waals surface area (Å²) in [6.07, 6.45) is 0. The summed E-state index contributed by atoms with van der Waals surface area (Å²) in [5, 5.41) is 17.0. The Labute approximate surface area is 82.5 Å². The zero-order valence-corrected chi connectivity index (χ0v) is 7.38. The summed E-state index contributed by atoms with van der Waals surface area (Å²) in [5.41, 5.74) is -0.723. The maximum Gasteiger partial charge on any atom is 0.377 e. The van der Waals surface area contributed by atoms with Gasteiger partial charge in [-0.15, -0.1) is 0 Å². The smallest absolute Gasteiger partial charge is 0.377 e. The second-order valence-electron chi connectivity index (χ2n) is 2.42. The summed E-state index contributed by atoms with van der Waals surface area (Å²) in [6, 6.07) is 1.35. The summed E-state index contributed by atoms with van der Waals surface area (Å²) in [4.78, 5) is 21.1. The molecule has 74 valence electrons. The standard InChI is InChI=1S/C8H4ClFO4/c9-4-2-5(10)3(1-6(4)11)7(12)8(13)14/h1-2,11H,(H,13,14). The number of Topliss-reactive ketones (excluding diaryl/α,β-unsaturated/α-hetero) is 1. The number of aromatic hydroxyl groups is 1. The minimum absolute atomic E-state index is 0.288. The Hall–Kier alpha value is -1.62. The summed E-state index contributed by atoms with van der Waals surface area (Å²) < 4.78 is 13.0. The van der Waals surface area contributed by atoms with Crippen molar-refractivity contribution < 1.29 is 24.2 Å². The van der Waals surface area contributed by atoms with Crippen LogP contribution in [0.1, 0.15) is 10.4 Å². The summed E-state index contributed by atoms with van der Waals surface area (Å²) in [7, 11) is 0. The molecule has 1 rings (SSSR count). The molecule has 6 heteroatoms.